The summed E-state index contributed by atoms with van der Waals surface area (Å²) in [6.07, 6.45) is 1.19. The Morgan fingerprint density at radius 2 is 1.75 bits per heavy atom. The second-order valence-electron chi connectivity index (χ2n) is 6.58. The van der Waals surface area contributed by atoms with Gasteiger partial charge in [-0.3, -0.25) is 18.7 Å². The molecule has 1 aliphatic rings. The number of rotatable bonds is 3. The number of aliphatic imine (C=N–C) groups is 1. The summed E-state index contributed by atoms with van der Waals surface area (Å²) in [5.74, 6) is -1.44. The van der Waals surface area contributed by atoms with Gasteiger partial charge in [0.05, 0.1) is 29.2 Å². The van der Waals surface area contributed by atoms with Crippen LogP contribution in [0.1, 0.15) is 23.5 Å². The molecule has 1 aromatic carbocycles. The van der Waals surface area contributed by atoms with Crippen LogP contribution in [0, 0.1) is 0 Å². The second-order valence-corrected chi connectivity index (χ2v) is 8.59. The van der Waals surface area contributed by atoms with E-state index >= 15 is 0 Å². The Bertz CT molecular complexity index is 1220. The number of aromatic nitrogens is 2. The molecule has 0 saturated heterocycles. The summed E-state index contributed by atoms with van der Waals surface area (Å²) in [5, 5.41) is 0. The molecule has 2 heterocycles. The van der Waals surface area contributed by atoms with E-state index in [2.05, 4.69) is 4.99 Å². The van der Waals surface area contributed by atoms with Crippen LogP contribution < -0.4 is 11.2 Å². The predicted octanol–water partition coefficient (Wildman–Crippen LogP) is 0.269. The first-order valence-corrected chi connectivity index (χ1v) is 10.2. The number of ether oxygens (including phenoxy) is 1. The van der Waals surface area contributed by atoms with Crippen LogP contribution in [0.4, 0.5) is 5.82 Å². The Labute approximate surface area is 160 Å². The van der Waals surface area contributed by atoms with Crippen molar-refractivity contribution in [3.63, 3.8) is 0 Å². The first-order chi connectivity index (χ1) is 13.1. The number of sulfone groups is 1. The summed E-state index contributed by atoms with van der Waals surface area (Å²) in [6.45, 7) is 0. The number of nitrogens with zero attached hydrogens (tertiary/aromatic N) is 3. The molecule has 2 aromatic rings. The smallest absolute Gasteiger partial charge is 0.332 e. The molecule has 0 N–H and O–H groups in total. The molecular weight excluding hydrogens is 386 g/mol. The normalized spacial score (nSPS) is 16.3. The number of carbonyl (C=O) groups excluding carboxylic acids is 1. The van der Waals surface area contributed by atoms with Crippen molar-refractivity contribution >= 4 is 27.3 Å². The topological polar surface area (TPSA) is 117 Å². The zero-order valence-electron chi connectivity index (χ0n) is 15.8. The third-order valence-corrected chi connectivity index (χ3v) is 5.88. The van der Waals surface area contributed by atoms with Crippen molar-refractivity contribution < 1.29 is 17.9 Å². The molecule has 0 bridgehead atoms. The molecule has 3 rings (SSSR count). The van der Waals surface area contributed by atoms with Gasteiger partial charge in [0.2, 0.25) is 0 Å². The summed E-state index contributed by atoms with van der Waals surface area (Å²) >= 11 is 0. The van der Waals surface area contributed by atoms with E-state index in [1.807, 2.05) is 0 Å². The number of fused-ring (bicyclic) bond motifs is 1. The van der Waals surface area contributed by atoms with E-state index in [4.69, 9.17) is 4.74 Å². The fourth-order valence-electron chi connectivity index (χ4n) is 3.19. The molecule has 0 amide bonds. The van der Waals surface area contributed by atoms with Gasteiger partial charge in [-0.05, 0) is 17.7 Å². The minimum Gasteiger partial charge on any atom is -0.469 e. The standard InChI is InChI=1S/C18H19N3O6S/c1-20-15-14(16(22)21(2)18(20)24)12(17(23)27-3)9-13(19-15)10-5-7-11(8-6-10)28(4,25)26/h5-8,12H,9H2,1-4H3. The first kappa shape index (κ1) is 19.7. The molecular formula is C18H19N3O6S. The summed E-state index contributed by atoms with van der Waals surface area (Å²) in [4.78, 5) is 41.9. The van der Waals surface area contributed by atoms with Gasteiger partial charge < -0.3 is 4.74 Å². The van der Waals surface area contributed by atoms with Crippen molar-refractivity contribution in [3.05, 3.63) is 56.2 Å². The lowest BCUT2D eigenvalue weighted by Crippen LogP contribution is -2.42. The zero-order valence-corrected chi connectivity index (χ0v) is 16.6. The van der Waals surface area contributed by atoms with E-state index in [1.165, 1.54) is 37.9 Å². The van der Waals surface area contributed by atoms with Gasteiger partial charge >= 0.3 is 11.7 Å². The van der Waals surface area contributed by atoms with Crippen LogP contribution in [0.2, 0.25) is 0 Å². The lowest BCUT2D eigenvalue weighted by Gasteiger charge is -2.24. The minimum absolute atomic E-state index is 0.0886. The van der Waals surface area contributed by atoms with Gasteiger partial charge in [-0.15, -0.1) is 0 Å². The number of benzene rings is 1. The van der Waals surface area contributed by atoms with Gasteiger partial charge in [-0.1, -0.05) is 12.1 Å². The van der Waals surface area contributed by atoms with Crippen molar-refractivity contribution in [1.82, 2.24) is 9.13 Å². The molecule has 1 atom stereocenters. The lowest BCUT2D eigenvalue weighted by atomic mass is 9.89. The molecule has 0 aliphatic carbocycles. The maximum atomic E-state index is 12.6. The maximum Gasteiger partial charge on any atom is 0.332 e. The highest BCUT2D eigenvalue weighted by atomic mass is 32.2. The van der Waals surface area contributed by atoms with E-state index in [1.54, 1.807) is 12.1 Å². The van der Waals surface area contributed by atoms with Crippen molar-refractivity contribution in [2.24, 2.45) is 19.1 Å². The van der Waals surface area contributed by atoms with Gasteiger partial charge in [0.1, 0.15) is 5.82 Å². The molecule has 0 radical (unpaired) electrons. The monoisotopic (exact) mass is 405 g/mol. The predicted molar refractivity (Wildman–Crippen MR) is 102 cm³/mol. The van der Waals surface area contributed by atoms with Crippen LogP contribution in [-0.4, -0.2) is 42.6 Å². The fourth-order valence-corrected chi connectivity index (χ4v) is 3.82. The molecule has 28 heavy (non-hydrogen) atoms. The minimum atomic E-state index is -3.35. The highest BCUT2D eigenvalue weighted by molar-refractivity contribution is 7.90. The van der Waals surface area contributed by atoms with Crippen molar-refractivity contribution in [3.8, 4) is 0 Å². The van der Waals surface area contributed by atoms with Gasteiger partial charge in [0.15, 0.2) is 9.84 Å². The third-order valence-electron chi connectivity index (χ3n) is 4.76. The van der Waals surface area contributed by atoms with Crippen LogP contribution in [-0.2, 0) is 33.5 Å². The lowest BCUT2D eigenvalue weighted by molar-refractivity contribution is -0.142. The summed E-state index contributed by atoms with van der Waals surface area (Å²) in [5.41, 5.74) is -0.0206. The average molecular weight is 405 g/mol. The van der Waals surface area contributed by atoms with Gasteiger partial charge in [-0.2, -0.15) is 0 Å². The second kappa shape index (κ2) is 6.86. The van der Waals surface area contributed by atoms with Gasteiger partial charge in [0.25, 0.3) is 5.56 Å². The largest absolute Gasteiger partial charge is 0.469 e. The molecule has 1 unspecified atom stereocenters. The van der Waals surface area contributed by atoms with E-state index < -0.39 is 33.0 Å². The molecule has 148 valence electrons. The molecule has 0 saturated carbocycles. The van der Waals surface area contributed by atoms with Crippen LogP contribution in [0.25, 0.3) is 0 Å². The third kappa shape index (κ3) is 3.19. The van der Waals surface area contributed by atoms with Crippen LogP contribution >= 0.6 is 0 Å². The SMILES string of the molecule is COC(=O)C1CC(c2ccc(S(C)(=O)=O)cc2)=Nc2c1c(=O)n(C)c(=O)n2C. The molecule has 0 spiro atoms. The van der Waals surface area contributed by atoms with Crippen LogP contribution in [0.3, 0.4) is 0 Å². The first-order valence-electron chi connectivity index (χ1n) is 8.32. The Morgan fingerprint density at radius 3 is 2.29 bits per heavy atom. The highest BCUT2D eigenvalue weighted by Gasteiger charge is 2.35. The zero-order chi connectivity index (χ0) is 20.8. The van der Waals surface area contributed by atoms with E-state index in [-0.39, 0.29) is 22.7 Å². The summed E-state index contributed by atoms with van der Waals surface area (Å²) < 4.78 is 30.3. The van der Waals surface area contributed by atoms with E-state index in [9.17, 15) is 22.8 Å². The van der Waals surface area contributed by atoms with E-state index in [0.29, 0.717) is 11.3 Å². The van der Waals surface area contributed by atoms with Gasteiger partial charge in [0, 0.05) is 26.8 Å². The molecule has 10 heteroatoms. The number of methoxy groups -OCH3 is 1. The average Bonchev–Trinajstić information content (AvgIpc) is 2.68. The summed E-state index contributed by atoms with van der Waals surface area (Å²) in [7, 11) is 0.672. The quantitative estimate of drug-likeness (QED) is 0.677. The van der Waals surface area contributed by atoms with Crippen molar-refractivity contribution in [1.29, 1.82) is 0 Å². The molecule has 1 aliphatic heterocycles. The Balaban J connectivity index is 2.24. The Kier molecular flexibility index (Phi) is 4.84. The number of hydrogen-bond donors (Lipinski definition) is 0. The van der Waals surface area contributed by atoms with Crippen molar-refractivity contribution in [2.45, 2.75) is 17.2 Å². The molecule has 0 fully saturated rings. The van der Waals surface area contributed by atoms with Gasteiger partial charge in [-0.25, -0.2) is 18.2 Å². The van der Waals surface area contributed by atoms with Crippen LogP contribution in [0.5, 0.6) is 0 Å². The number of esters is 1. The van der Waals surface area contributed by atoms with Crippen LogP contribution in [0.15, 0.2) is 43.7 Å². The fraction of sp³-hybridized carbons (Fsp3) is 0.333. The number of carbonyl (C=O) groups is 1. The highest BCUT2D eigenvalue weighted by Crippen LogP contribution is 2.33. The van der Waals surface area contributed by atoms with E-state index in [0.717, 1.165) is 10.8 Å². The Morgan fingerprint density at radius 1 is 1.14 bits per heavy atom. The Hall–Kier alpha value is -3.01. The molecule has 9 nitrogen and oxygen atoms in total. The summed E-state index contributed by atoms with van der Waals surface area (Å²) in [6, 6.07) is 6.04. The maximum absolute atomic E-state index is 12.6. The molecule has 1 aromatic heterocycles. The number of hydrogen-bond acceptors (Lipinski definition) is 7. The van der Waals surface area contributed by atoms with Crippen molar-refractivity contribution in [2.75, 3.05) is 13.4 Å².